The van der Waals surface area contributed by atoms with Crippen molar-refractivity contribution in [2.24, 2.45) is 0 Å². The van der Waals surface area contributed by atoms with E-state index in [0.717, 1.165) is 0 Å². The third-order valence-electron chi connectivity index (χ3n) is 3.42. The van der Waals surface area contributed by atoms with Gasteiger partial charge in [0.1, 0.15) is 0 Å². The quantitative estimate of drug-likeness (QED) is 0.562. The highest BCUT2D eigenvalue weighted by Crippen LogP contribution is 2.42. The molecule has 0 radical (unpaired) electrons. The smallest absolute Gasteiger partial charge is 0.0521 e. The number of nitrogens with zero attached hydrogens (tertiary/aromatic N) is 1. The lowest BCUT2D eigenvalue weighted by atomic mass is 10.1. The molecule has 2 aromatic carbocycles. The van der Waals surface area contributed by atoms with Crippen LogP contribution in [0.15, 0.2) is 83.2 Å². The minimum absolute atomic E-state index is 1.20. The van der Waals surface area contributed by atoms with Crippen LogP contribution in [0.3, 0.4) is 0 Å². The van der Waals surface area contributed by atoms with Crippen LogP contribution >= 0.6 is 23.3 Å². The Bertz CT molecular complexity index is 776. The first-order chi connectivity index (χ1) is 10.4. The molecule has 1 aromatic heterocycles. The molecule has 0 saturated heterocycles. The minimum atomic E-state index is 1.20. The molecule has 0 spiro atoms. The Morgan fingerprint density at radius 3 is 2.38 bits per heavy atom. The first-order valence-corrected chi connectivity index (χ1v) is 8.44. The van der Waals surface area contributed by atoms with E-state index in [1.807, 2.05) is 0 Å². The minimum Gasteiger partial charge on any atom is -0.287 e. The van der Waals surface area contributed by atoms with E-state index in [1.165, 1.54) is 26.6 Å². The maximum atomic E-state index is 2.25. The highest BCUT2D eigenvalue weighted by Gasteiger charge is 2.20. The SMILES string of the molecule is C1=C(c2cccs2)c2ccccc2SN1c1ccccc1. The van der Waals surface area contributed by atoms with E-state index in [-0.39, 0.29) is 0 Å². The molecule has 0 unspecified atom stereocenters. The van der Waals surface area contributed by atoms with E-state index in [1.54, 1.807) is 23.3 Å². The van der Waals surface area contributed by atoms with Crippen molar-refractivity contribution in [1.82, 2.24) is 0 Å². The van der Waals surface area contributed by atoms with Gasteiger partial charge in [0, 0.05) is 21.5 Å². The van der Waals surface area contributed by atoms with Crippen LogP contribution in [0.25, 0.3) is 5.57 Å². The molecule has 4 rings (SSSR count). The summed E-state index contributed by atoms with van der Waals surface area (Å²) in [5, 5.41) is 2.13. The van der Waals surface area contributed by atoms with Crippen LogP contribution in [-0.2, 0) is 0 Å². The van der Waals surface area contributed by atoms with Gasteiger partial charge in [0.15, 0.2) is 0 Å². The fourth-order valence-electron chi connectivity index (χ4n) is 2.42. The van der Waals surface area contributed by atoms with E-state index in [9.17, 15) is 0 Å². The normalized spacial score (nSPS) is 13.7. The molecule has 102 valence electrons. The predicted octanol–water partition coefficient (Wildman–Crippen LogP) is 5.66. The second-order valence-corrected chi connectivity index (χ2v) is 6.73. The lowest BCUT2D eigenvalue weighted by Crippen LogP contribution is -2.11. The van der Waals surface area contributed by atoms with Crippen LogP contribution in [0.5, 0.6) is 0 Å². The molecule has 1 aliphatic rings. The molecule has 21 heavy (non-hydrogen) atoms. The molecule has 0 N–H and O–H groups in total. The highest BCUT2D eigenvalue weighted by atomic mass is 32.2. The van der Waals surface area contributed by atoms with Crippen molar-refractivity contribution in [3.8, 4) is 0 Å². The Hall–Kier alpha value is -1.97. The van der Waals surface area contributed by atoms with Gasteiger partial charge in [-0.05, 0) is 47.2 Å². The Kier molecular flexibility index (Phi) is 3.30. The van der Waals surface area contributed by atoms with Crippen LogP contribution in [0.4, 0.5) is 5.69 Å². The molecule has 0 aliphatic carbocycles. The van der Waals surface area contributed by atoms with Crippen LogP contribution in [0.1, 0.15) is 10.4 Å². The summed E-state index contributed by atoms with van der Waals surface area (Å²) in [6.07, 6.45) is 2.24. The van der Waals surface area contributed by atoms with Crippen molar-refractivity contribution >= 4 is 34.5 Å². The van der Waals surface area contributed by atoms with E-state index in [0.29, 0.717) is 0 Å². The summed E-state index contributed by atoms with van der Waals surface area (Å²) in [6.45, 7) is 0. The lowest BCUT2D eigenvalue weighted by Gasteiger charge is -2.27. The Morgan fingerprint density at radius 1 is 0.762 bits per heavy atom. The summed E-state index contributed by atoms with van der Waals surface area (Å²) < 4.78 is 2.25. The number of hydrogen-bond donors (Lipinski definition) is 0. The van der Waals surface area contributed by atoms with Crippen molar-refractivity contribution in [2.45, 2.75) is 4.90 Å². The van der Waals surface area contributed by atoms with Crippen LogP contribution in [0.2, 0.25) is 0 Å². The van der Waals surface area contributed by atoms with Gasteiger partial charge in [-0.15, -0.1) is 11.3 Å². The van der Waals surface area contributed by atoms with Crippen LogP contribution < -0.4 is 4.31 Å². The van der Waals surface area contributed by atoms with Gasteiger partial charge in [0.05, 0.1) is 5.69 Å². The number of hydrogen-bond acceptors (Lipinski definition) is 3. The average molecular weight is 307 g/mol. The van der Waals surface area contributed by atoms with E-state index in [4.69, 9.17) is 0 Å². The monoisotopic (exact) mass is 307 g/mol. The molecule has 0 amide bonds. The molecule has 1 nitrogen and oxygen atoms in total. The Balaban J connectivity index is 1.86. The molecule has 3 aromatic rings. The molecule has 1 aliphatic heterocycles. The van der Waals surface area contributed by atoms with Crippen molar-refractivity contribution in [1.29, 1.82) is 0 Å². The fourth-order valence-corrected chi connectivity index (χ4v) is 4.18. The number of para-hydroxylation sites is 1. The van der Waals surface area contributed by atoms with Gasteiger partial charge >= 0.3 is 0 Å². The number of thiophene rings is 1. The molecular weight excluding hydrogens is 294 g/mol. The number of anilines is 1. The van der Waals surface area contributed by atoms with Gasteiger partial charge < -0.3 is 0 Å². The molecule has 0 fully saturated rings. The summed E-state index contributed by atoms with van der Waals surface area (Å²) in [5.74, 6) is 0. The number of fused-ring (bicyclic) bond motifs is 1. The topological polar surface area (TPSA) is 3.24 Å². The first kappa shape index (κ1) is 12.7. The first-order valence-electron chi connectivity index (χ1n) is 6.79. The second kappa shape index (κ2) is 5.43. The van der Waals surface area contributed by atoms with Gasteiger partial charge in [0.25, 0.3) is 0 Å². The summed E-state index contributed by atoms with van der Waals surface area (Å²) in [4.78, 5) is 2.61. The Morgan fingerprint density at radius 2 is 1.57 bits per heavy atom. The number of rotatable bonds is 2. The third kappa shape index (κ3) is 2.39. The van der Waals surface area contributed by atoms with Crippen LogP contribution in [-0.4, -0.2) is 0 Å². The summed E-state index contributed by atoms with van der Waals surface area (Å²) in [6, 6.07) is 23.4. The molecule has 0 atom stereocenters. The molecule has 0 bridgehead atoms. The predicted molar refractivity (Wildman–Crippen MR) is 92.6 cm³/mol. The van der Waals surface area contributed by atoms with Crippen LogP contribution in [0, 0.1) is 0 Å². The molecule has 0 saturated carbocycles. The third-order valence-corrected chi connectivity index (χ3v) is 5.39. The zero-order valence-corrected chi connectivity index (χ0v) is 12.9. The zero-order chi connectivity index (χ0) is 14.1. The van der Waals surface area contributed by atoms with Crippen molar-refractivity contribution in [3.05, 3.63) is 88.8 Å². The van der Waals surface area contributed by atoms with Gasteiger partial charge in [0.2, 0.25) is 0 Å². The number of benzene rings is 2. The average Bonchev–Trinajstić information content (AvgIpc) is 3.09. The maximum absolute atomic E-state index is 2.25. The van der Waals surface area contributed by atoms with Gasteiger partial charge in [-0.2, -0.15) is 0 Å². The lowest BCUT2D eigenvalue weighted by molar-refractivity contribution is 1.32. The van der Waals surface area contributed by atoms with Gasteiger partial charge in [-0.3, -0.25) is 4.31 Å². The second-order valence-electron chi connectivity index (χ2n) is 4.77. The van der Waals surface area contributed by atoms with E-state index < -0.39 is 0 Å². The van der Waals surface area contributed by atoms with Crippen molar-refractivity contribution in [3.63, 3.8) is 0 Å². The summed E-state index contributed by atoms with van der Waals surface area (Å²) in [5.41, 5.74) is 3.81. The van der Waals surface area contributed by atoms with Crippen molar-refractivity contribution in [2.75, 3.05) is 4.31 Å². The van der Waals surface area contributed by atoms with Crippen molar-refractivity contribution < 1.29 is 0 Å². The fraction of sp³-hybridized carbons (Fsp3) is 0. The molecule has 2 heterocycles. The maximum Gasteiger partial charge on any atom is 0.0521 e. The van der Waals surface area contributed by atoms with E-state index >= 15 is 0 Å². The molecule has 3 heteroatoms. The highest BCUT2D eigenvalue weighted by molar-refractivity contribution is 8.01. The summed E-state index contributed by atoms with van der Waals surface area (Å²) in [7, 11) is 0. The standard InChI is InChI=1S/C18H13NS2/c1-2-7-14(8-3-1)19-13-16(17-11-6-12-20-17)15-9-4-5-10-18(15)21-19/h1-13H. The van der Waals surface area contributed by atoms with Gasteiger partial charge in [-0.1, -0.05) is 42.5 Å². The zero-order valence-electron chi connectivity index (χ0n) is 11.3. The van der Waals surface area contributed by atoms with E-state index in [2.05, 4.69) is 82.6 Å². The molecular formula is C18H13NS2. The van der Waals surface area contributed by atoms with Gasteiger partial charge in [-0.25, -0.2) is 0 Å². The Labute approximate surface area is 132 Å². The summed E-state index contributed by atoms with van der Waals surface area (Å²) >= 11 is 3.56. The largest absolute Gasteiger partial charge is 0.287 e.